The Morgan fingerprint density at radius 1 is 1.18 bits per heavy atom. The van der Waals surface area contributed by atoms with Crippen molar-refractivity contribution in [1.29, 1.82) is 0 Å². The van der Waals surface area contributed by atoms with Gasteiger partial charge in [0.15, 0.2) is 0 Å². The zero-order chi connectivity index (χ0) is 23.8. The number of hydrogen-bond donors (Lipinski definition) is 0. The van der Waals surface area contributed by atoms with Crippen molar-refractivity contribution in [2.45, 2.75) is 89.6 Å². The maximum absolute atomic E-state index is 12.6. The van der Waals surface area contributed by atoms with E-state index in [2.05, 4.69) is 13.0 Å². The molecule has 4 rings (SSSR count). The van der Waals surface area contributed by atoms with E-state index in [4.69, 9.17) is 18.9 Å². The van der Waals surface area contributed by atoms with Gasteiger partial charge in [-0.3, -0.25) is 4.79 Å². The van der Waals surface area contributed by atoms with Crippen LogP contribution < -0.4 is 4.74 Å². The molecule has 3 aliphatic rings. The molecule has 1 amide bonds. The quantitative estimate of drug-likeness (QED) is 0.604. The molecule has 0 saturated carbocycles. The maximum atomic E-state index is 12.6. The fourth-order valence-electron chi connectivity index (χ4n) is 5.39. The Balaban J connectivity index is 1.54. The molecule has 0 aliphatic carbocycles. The van der Waals surface area contributed by atoms with Gasteiger partial charge in [-0.1, -0.05) is 6.07 Å². The molecule has 0 bridgehead atoms. The van der Waals surface area contributed by atoms with E-state index in [-0.39, 0.29) is 35.8 Å². The molecule has 3 aliphatic heterocycles. The second kappa shape index (κ2) is 9.16. The molecule has 7 nitrogen and oxygen atoms in total. The van der Waals surface area contributed by atoms with E-state index >= 15 is 0 Å². The molecule has 0 radical (unpaired) electrons. The number of carbonyl (C=O) groups excluding carboxylic acids is 2. The summed E-state index contributed by atoms with van der Waals surface area (Å²) >= 11 is 0. The normalized spacial score (nSPS) is 26.1. The zero-order valence-electron chi connectivity index (χ0n) is 20.5. The summed E-state index contributed by atoms with van der Waals surface area (Å²) < 4.78 is 23.6. The Kier molecular flexibility index (Phi) is 6.63. The molecule has 1 aromatic rings. The average molecular weight is 460 g/mol. The molecule has 33 heavy (non-hydrogen) atoms. The SMILES string of the molecule is COC(=O)CCc1ccc2c(c1)[C@@H]1O[C@H](C)CC[C@H]1C1(CCN(C(=O)OC(C)(C)C)CC1)O2. The van der Waals surface area contributed by atoms with Crippen molar-refractivity contribution in [3.63, 3.8) is 0 Å². The lowest BCUT2D eigenvalue weighted by atomic mass is 9.69. The topological polar surface area (TPSA) is 74.3 Å². The molecule has 182 valence electrons. The number of likely N-dealkylation sites (tertiary alicyclic amines) is 1. The minimum absolute atomic E-state index is 0.0383. The molecule has 1 aromatic carbocycles. The van der Waals surface area contributed by atoms with E-state index in [0.29, 0.717) is 25.9 Å². The van der Waals surface area contributed by atoms with Crippen molar-refractivity contribution in [3.05, 3.63) is 29.3 Å². The number of esters is 1. The van der Waals surface area contributed by atoms with Gasteiger partial charge in [-0.15, -0.1) is 0 Å². The first-order chi connectivity index (χ1) is 15.6. The molecule has 7 heteroatoms. The summed E-state index contributed by atoms with van der Waals surface area (Å²) in [5.74, 6) is 0.885. The summed E-state index contributed by atoms with van der Waals surface area (Å²) in [5, 5.41) is 0. The Morgan fingerprint density at radius 2 is 1.91 bits per heavy atom. The van der Waals surface area contributed by atoms with Gasteiger partial charge in [0, 0.05) is 43.8 Å². The fraction of sp³-hybridized carbons (Fsp3) is 0.692. The van der Waals surface area contributed by atoms with Crippen LogP contribution in [-0.2, 0) is 25.4 Å². The van der Waals surface area contributed by atoms with Gasteiger partial charge in [0.2, 0.25) is 0 Å². The molecule has 0 aromatic heterocycles. The van der Waals surface area contributed by atoms with Crippen LogP contribution in [0.5, 0.6) is 5.75 Å². The summed E-state index contributed by atoms with van der Waals surface area (Å²) in [5.41, 5.74) is 1.31. The predicted molar refractivity (Wildman–Crippen MR) is 123 cm³/mol. The summed E-state index contributed by atoms with van der Waals surface area (Å²) in [4.78, 5) is 26.0. The van der Waals surface area contributed by atoms with E-state index in [9.17, 15) is 9.59 Å². The van der Waals surface area contributed by atoms with Crippen LogP contribution in [0.2, 0.25) is 0 Å². The van der Waals surface area contributed by atoms with Crippen molar-refractivity contribution in [1.82, 2.24) is 4.90 Å². The standard InChI is InChI=1S/C26H37NO6/c1-17-6-9-20-23(31-17)19-16-18(8-11-22(28)30-5)7-10-21(19)32-26(20)12-14-27(15-13-26)24(29)33-25(2,3)4/h7,10,16-17,20,23H,6,8-9,11-15H2,1-5H3/t17-,20-,23+/m1/s1. The highest BCUT2D eigenvalue weighted by Crippen LogP contribution is 2.54. The number of fused-ring (bicyclic) bond motifs is 4. The second-order valence-corrected chi connectivity index (χ2v) is 10.6. The van der Waals surface area contributed by atoms with Crippen LogP contribution in [0.1, 0.15) is 77.0 Å². The first kappa shape index (κ1) is 23.9. The molecular formula is C26H37NO6. The summed E-state index contributed by atoms with van der Waals surface area (Å²) in [6.07, 6.45) is 4.43. The monoisotopic (exact) mass is 459 g/mol. The number of methoxy groups -OCH3 is 1. The van der Waals surface area contributed by atoms with Crippen molar-refractivity contribution >= 4 is 12.1 Å². The van der Waals surface area contributed by atoms with Crippen LogP contribution in [-0.4, -0.2) is 54.5 Å². The van der Waals surface area contributed by atoms with Crippen LogP contribution in [0, 0.1) is 5.92 Å². The van der Waals surface area contributed by atoms with Gasteiger partial charge >= 0.3 is 12.1 Å². The highest BCUT2D eigenvalue weighted by atomic mass is 16.6. The molecular weight excluding hydrogens is 422 g/mol. The lowest BCUT2D eigenvalue weighted by molar-refractivity contribution is -0.169. The summed E-state index contributed by atoms with van der Waals surface area (Å²) in [7, 11) is 1.42. The minimum Gasteiger partial charge on any atom is -0.486 e. The van der Waals surface area contributed by atoms with Crippen molar-refractivity contribution < 1.29 is 28.5 Å². The second-order valence-electron chi connectivity index (χ2n) is 10.6. The molecule has 2 saturated heterocycles. The van der Waals surface area contributed by atoms with Crippen LogP contribution >= 0.6 is 0 Å². The average Bonchev–Trinajstić information content (AvgIpc) is 2.77. The van der Waals surface area contributed by atoms with Crippen molar-refractivity contribution in [3.8, 4) is 5.75 Å². The zero-order valence-corrected chi connectivity index (χ0v) is 20.5. The van der Waals surface area contributed by atoms with Crippen molar-refractivity contribution in [2.24, 2.45) is 5.92 Å². The van der Waals surface area contributed by atoms with Gasteiger partial charge in [0.25, 0.3) is 0 Å². The van der Waals surface area contributed by atoms with E-state index in [1.54, 1.807) is 4.90 Å². The number of benzene rings is 1. The lowest BCUT2D eigenvalue weighted by Gasteiger charge is -2.54. The number of ether oxygens (including phenoxy) is 4. The number of nitrogens with zero attached hydrogens (tertiary/aromatic N) is 1. The Labute approximate surface area is 196 Å². The first-order valence-electron chi connectivity index (χ1n) is 12.1. The Morgan fingerprint density at radius 3 is 2.58 bits per heavy atom. The highest BCUT2D eigenvalue weighted by Gasteiger charge is 2.53. The fourth-order valence-corrected chi connectivity index (χ4v) is 5.39. The molecule has 2 fully saturated rings. The molecule has 3 heterocycles. The van der Waals surface area contributed by atoms with Gasteiger partial charge in [-0.05, 0) is 64.7 Å². The van der Waals surface area contributed by atoms with E-state index in [1.807, 2.05) is 32.9 Å². The number of rotatable bonds is 3. The number of piperidine rings is 1. The number of carbonyl (C=O) groups is 2. The van der Waals surface area contributed by atoms with Crippen LogP contribution in [0.25, 0.3) is 0 Å². The largest absolute Gasteiger partial charge is 0.486 e. The third kappa shape index (κ3) is 5.13. The summed E-state index contributed by atoms with van der Waals surface area (Å²) in [6, 6.07) is 6.18. The Bertz CT molecular complexity index is 883. The van der Waals surface area contributed by atoms with Crippen LogP contribution in [0.3, 0.4) is 0 Å². The van der Waals surface area contributed by atoms with E-state index in [0.717, 1.165) is 42.6 Å². The lowest BCUT2D eigenvalue weighted by Crippen LogP contribution is -2.58. The molecule has 0 unspecified atom stereocenters. The highest BCUT2D eigenvalue weighted by molar-refractivity contribution is 5.69. The number of amides is 1. The molecule has 0 N–H and O–H groups in total. The van der Waals surface area contributed by atoms with Gasteiger partial charge in [-0.2, -0.15) is 0 Å². The molecule has 3 atom stereocenters. The smallest absolute Gasteiger partial charge is 0.410 e. The van der Waals surface area contributed by atoms with Gasteiger partial charge in [0.05, 0.1) is 19.3 Å². The first-order valence-corrected chi connectivity index (χ1v) is 12.1. The van der Waals surface area contributed by atoms with E-state index in [1.165, 1.54) is 7.11 Å². The minimum atomic E-state index is -0.503. The number of hydrogen-bond acceptors (Lipinski definition) is 6. The van der Waals surface area contributed by atoms with Gasteiger partial charge in [-0.25, -0.2) is 4.79 Å². The van der Waals surface area contributed by atoms with Crippen LogP contribution in [0.15, 0.2) is 18.2 Å². The van der Waals surface area contributed by atoms with Crippen molar-refractivity contribution in [2.75, 3.05) is 20.2 Å². The van der Waals surface area contributed by atoms with Gasteiger partial charge in [0.1, 0.15) is 17.0 Å². The summed E-state index contributed by atoms with van der Waals surface area (Å²) in [6.45, 7) is 9.02. The van der Waals surface area contributed by atoms with E-state index < -0.39 is 5.60 Å². The number of aryl methyl sites for hydroxylation is 1. The third-order valence-corrected chi connectivity index (χ3v) is 7.11. The van der Waals surface area contributed by atoms with Gasteiger partial charge < -0.3 is 23.8 Å². The molecule has 1 spiro atoms. The predicted octanol–water partition coefficient (Wildman–Crippen LogP) is 4.81. The maximum Gasteiger partial charge on any atom is 0.410 e. The Hall–Kier alpha value is -2.28. The third-order valence-electron chi connectivity index (χ3n) is 7.11. The van der Waals surface area contributed by atoms with Crippen LogP contribution in [0.4, 0.5) is 4.79 Å².